The van der Waals surface area contributed by atoms with Gasteiger partial charge in [-0.1, -0.05) is 44.2 Å². The van der Waals surface area contributed by atoms with Gasteiger partial charge >= 0.3 is 0 Å². The van der Waals surface area contributed by atoms with Gasteiger partial charge in [0.05, 0.1) is 11.0 Å². The summed E-state index contributed by atoms with van der Waals surface area (Å²) in [4.78, 5) is 27.9. The van der Waals surface area contributed by atoms with Gasteiger partial charge in [0, 0.05) is 24.2 Å². The third kappa shape index (κ3) is 6.39. The Morgan fingerprint density at radius 3 is 2.10 bits per heavy atom. The summed E-state index contributed by atoms with van der Waals surface area (Å²) >= 11 is 0. The lowest BCUT2D eigenvalue weighted by molar-refractivity contribution is -0.384. The summed E-state index contributed by atoms with van der Waals surface area (Å²) in [6, 6.07) is 15.7. The second-order valence-electron chi connectivity index (χ2n) is 7.12. The molecule has 1 atom stereocenters. The predicted molar refractivity (Wildman–Crippen MR) is 116 cm³/mol. The van der Waals surface area contributed by atoms with Gasteiger partial charge < -0.3 is 9.80 Å². The minimum Gasteiger partial charge on any atom is -0.332 e. The number of carbonyl (C=O) groups is 1. The third-order valence-corrected chi connectivity index (χ3v) is 5.35. The maximum absolute atomic E-state index is 13.2. The number of nitro groups is 1. The summed E-state index contributed by atoms with van der Waals surface area (Å²) in [5.74, 6) is -0.0981. The van der Waals surface area contributed by atoms with E-state index in [0.717, 1.165) is 38.0 Å². The topological polar surface area (TPSA) is 66.7 Å². The fourth-order valence-electron chi connectivity index (χ4n) is 3.43. The molecule has 156 valence electrons. The Balaban J connectivity index is 2.14. The molecule has 0 saturated heterocycles. The molecule has 0 N–H and O–H groups in total. The van der Waals surface area contributed by atoms with Crippen LogP contribution in [0.25, 0.3) is 0 Å². The van der Waals surface area contributed by atoms with E-state index in [9.17, 15) is 14.9 Å². The maximum Gasteiger partial charge on any atom is 0.269 e. The molecule has 0 aliphatic rings. The zero-order valence-electron chi connectivity index (χ0n) is 17.6. The Morgan fingerprint density at radius 2 is 1.55 bits per heavy atom. The van der Waals surface area contributed by atoms with E-state index in [2.05, 4.69) is 18.7 Å². The number of unbranched alkanes of at least 4 members (excludes halogenated alkanes) is 1. The van der Waals surface area contributed by atoms with E-state index in [1.54, 1.807) is 12.1 Å². The van der Waals surface area contributed by atoms with E-state index in [4.69, 9.17) is 0 Å². The molecular weight excluding hydrogens is 366 g/mol. The van der Waals surface area contributed by atoms with Crippen LogP contribution in [-0.4, -0.2) is 46.8 Å². The SMILES string of the molecule is CCN(CC)CCCCN(C(=O)c1ccc([N+](=O)[O-])cc1)C(C)c1ccccc1. The maximum atomic E-state index is 13.2. The Bertz CT molecular complexity index is 774. The van der Waals surface area contributed by atoms with Gasteiger partial charge in [-0.15, -0.1) is 0 Å². The van der Waals surface area contributed by atoms with Crippen molar-refractivity contribution in [2.24, 2.45) is 0 Å². The lowest BCUT2D eigenvalue weighted by atomic mass is 10.0. The van der Waals surface area contributed by atoms with Gasteiger partial charge in [-0.25, -0.2) is 0 Å². The van der Waals surface area contributed by atoms with Crippen LogP contribution in [-0.2, 0) is 0 Å². The first-order chi connectivity index (χ1) is 14.0. The number of benzene rings is 2. The van der Waals surface area contributed by atoms with Gasteiger partial charge in [0.25, 0.3) is 11.6 Å². The second kappa shape index (κ2) is 11.3. The molecule has 2 aromatic carbocycles. The van der Waals surface area contributed by atoms with Gasteiger partial charge in [-0.3, -0.25) is 14.9 Å². The van der Waals surface area contributed by atoms with Crippen LogP contribution in [0.5, 0.6) is 0 Å². The van der Waals surface area contributed by atoms with Crippen molar-refractivity contribution < 1.29 is 9.72 Å². The fourth-order valence-corrected chi connectivity index (χ4v) is 3.43. The van der Waals surface area contributed by atoms with Crippen LogP contribution in [0.1, 0.15) is 55.6 Å². The summed E-state index contributed by atoms with van der Waals surface area (Å²) in [7, 11) is 0. The van der Waals surface area contributed by atoms with E-state index in [0.29, 0.717) is 12.1 Å². The molecule has 0 bridgehead atoms. The Morgan fingerprint density at radius 1 is 0.966 bits per heavy atom. The number of nitrogens with zero attached hydrogens (tertiary/aromatic N) is 3. The first-order valence-corrected chi connectivity index (χ1v) is 10.3. The number of carbonyl (C=O) groups excluding carboxylic acids is 1. The molecule has 29 heavy (non-hydrogen) atoms. The zero-order valence-corrected chi connectivity index (χ0v) is 17.6. The van der Waals surface area contributed by atoms with Crippen molar-refractivity contribution in [3.05, 3.63) is 75.8 Å². The van der Waals surface area contributed by atoms with Crippen molar-refractivity contribution in [1.82, 2.24) is 9.80 Å². The second-order valence-corrected chi connectivity index (χ2v) is 7.12. The Hall–Kier alpha value is -2.73. The van der Waals surface area contributed by atoms with Crippen molar-refractivity contribution in [3.8, 4) is 0 Å². The number of amides is 1. The third-order valence-electron chi connectivity index (χ3n) is 5.35. The average molecular weight is 398 g/mol. The van der Waals surface area contributed by atoms with E-state index in [1.807, 2.05) is 42.2 Å². The van der Waals surface area contributed by atoms with Crippen LogP contribution in [0, 0.1) is 10.1 Å². The molecule has 6 heteroatoms. The molecule has 0 heterocycles. The van der Waals surface area contributed by atoms with Gasteiger partial charge in [0.1, 0.15) is 0 Å². The van der Waals surface area contributed by atoms with Gasteiger partial charge in [0.2, 0.25) is 0 Å². The van der Waals surface area contributed by atoms with Crippen molar-refractivity contribution in [2.45, 2.75) is 39.7 Å². The van der Waals surface area contributed by atoms with Crippen molar-refractivity contribution >= 4 is 11.6 Å². The monoisotopic (exact) mass is 397 g/mol. The quantitative estimate of drug-likeness (QED) is 0.307. The highest BCUT2D eigenvalue weighted by Crippen LogP contribution is 2.24. The summed E-state index contributed by atoms with van der Waals surface area (Å²) in [6.07, 6.45) is 1.93. The van der Waals surface area contributed by atoms with Crippen LogP contribution >= 0.6 is 0 Å². The molecule has 2 aromatic rings. The van der Waals surface area contributed by atoms with Crippen molar-refractivity contribution in [1.29, 1.82) is 0 Å². The summed E-state index contributed by atoms with van der Waals surface area (Å²) in [5, 5.41) is 10.9. The molecule has 0 radical (unpaired) electrons. The number of hydrogen-bond donors (Lipinski definition) is 0. The molecule has 1 unspecified atom stereocenters. The molecule has 0 saturated carbocycles. The standard InChI is InChI=1S/C23H31N3O3/c1-4-24(5-2)17-9-10-18-25(19(3)20-11-7-6-8-12-20)23(27)21-13-15-22(16-14-21)26(28)29/h6-8,11-16,19H,4-5,9-10,17-18H2,1-3H3. The molecule has 1 amide bonds. The molecule has 6 nitrogen and oxygen atoms in total. The summed E-state index contributed by atoms with van der Waals surface area (Å²) < 4.78 is 0. The van der Waals surface area contributed by atoms with Crippen LogP contribution in [0.15, 0.2) is 54.6 Å². The normalized spacial score (nSPS) is 12.0. The van der Waals surface area contributed by atoms with Crippen LogP contribution in [0.2, 0.25) is 0 Å². The lowest BCUT2D eigenvalue weighted by Gasteiger charge is -2.30. The van der Waals surface area contributed by atoms with E-state index < -0.39 is 4.92 Å². The molecule has 0 aliphatic carbocycles. The number of rotatable bonds is 11. The van der Waals surface area contributed by atoms with Crippen LogP contribution < -0.4 is 0 Å². The molecule has 2 rings (SSSR count). The van der Waals surface area contributed by atoms with E-state index in [1.165, 1.54) is 12.1 Å². The lowest BCUT2D eigenvalue weighted by Crippen LogP contribution is -2.35. The molecule has 0 aromatic heterocycles. The highest BCUT2D eigenvalue weighted by Gasteiger charge is 2.23. The van der Waals surface area contributed by atoms with Crippen molar-refractivity contribution in [2.75, 3.05) is 26.2 Å². The van der Waals surface area contributed by atoms with Gasteiger partial charge in [-0.2, -0.15) is 0 Å². The summed E-state index contributed by atoms with van der Waals surface area (Å²) in [6.45, 7) is 10.1. The van der Waals surface area contributed by atoms with Crippen LogP contribution in [0.4, 0.5) is 5.69 Å². The predicted octanol–water partition coefficient (Wildman–Crippen LogP) is 4.92. The van der Waals surface area contributed by atoms with E-state index >= 15 is 0 Å². The number of non-ortho nitro benzene ring substituents is 1. The van der Waals surface area contributed by atoms with E-state index in [-0.39, 0.29) is 17.6 Å². The molecule has 0 fully saturated rings. The first kappa shape index (κ1) is 22.6. The van der Waals surface area contributed by atoms with Crippen LogP contribution in [0.3, 0.4) is 0 Å². The average Bonchev–Trinajstić information content (AvgIpc) is 2.76. The molecule has 0 aliphatic heterocycles. The van der Waals surface area contributed by atoms with Gasteiger partial charge in [-0.05, 0) is 57.1 Å². The van der Waals surface area contributed by atoms with Crippen molar-refractivity contribution in [3.63, 3.8) is 0 Å². The Kier molecular flexibility index (Phi) is 8.80. The minimum absolute atomic E-state index is 0.0107. The Labute approximate surface area is 173 Å². The minimum atomic E-state index is -0.453. The zero-order chi connectivity index (χ0) is 21.2. The fraction of sp³-hybridized carbons (Fsp3) is 0.435. The highest BCUT2D eigenvalue weighted by atomic mass is 16.6. The molecule has 0 spiro atoms. The highest BCUT2D eigenvalue weighted by molar-refractivity contribution is 5.94. The smallest absolute Gasteiger partial charge is 0.269 e. The number of nitro benzene ring substituents is 1. The first-order valence-electron chi connectivity index (χ1n) is 10.3. The number of hydrogen-bond acceptors (Lipinski definition) is 4. The molecular formula is C23H31N3O3. The summed E-state index contributed by atoms with van der Waals surface area (Å²) in [5.41, 5.74) is 1.54. The largest absolute Gasteiger partial charge is 0.332 e. The van der Waals surface area contributed by atoms with Gasteiger partial charge in [0.15, 0.2) is 0 Å².